The van der Waals surface area contributed by atoms with Crippen LogP contribution in [0.1, 0.15) is 16.1 Å². The van der Waals surface area contributed by atoms with E-state index in [2.05, 4.69) is 4.98 Å². The average Bonchev–Trinajstić information content (AvgIpc) is 2.80. The Labute approximate surface area is 125 Å². The number of aromatic nitrogens is 2. The molecular formula is C12H11ClN2O5S. The highest BCUT2D eigenvalue weighted by molar-refractivity contribution is 8.13. The molecule has 1 heterocycles. The molecule has 2 rings (SSSR count). The first-order chi connectivity index (χ1) is 9.79. The fourth-order valence-corrected chi connectivity index (χ4v) is 2.62. The molecular weight excluding hydrogens is 320 g/mol. The van der Waals surface area contributed by atoms with Gasteiger partial charge in [-0.05, 0) is 18.2 Å². The number of ether oxygens (including phenoxy) is 1. The minimum atomic E-state index is -4.13. The second kappa shape index (κ2) is 5.74. The number of carboxylic acid groups (broad SMARTS) is 1. The number of halogens is 1. The third kappa shape index (κ3) is 3.53. The van der Waals surface area contributed by atoms with Crippen molar-refractivity contribution in [2.45, 2.75) is 11.5 Å². The van der Waals surface area contributed by atoms with Gasteiger partial charge in [-0.25, -0.2) is 18.2 Å². The van der Waals surface area contributed by atoms with Crippen molar-refractivity contribution < 1.29 is 23.1 Å². The predicted molar refractivity (Wildman–Crippen MR) is 74.0 cm³/mol. The van der Waals surface area contributed by atoms with Crippen molar-refractivity contribution >= 4 is 25.7 Å². The molecule has 1 aromatic heterocycles. The van der Waals surface area contributed by atoms with Crippen molar-refractivity contribution in [2.24, 2.45) is 7.05 Å². The minimum absolute atomic E-state index is 0.0174. The number of aryl methyl sites for hydroxylation is 1. The van der Waals surface area contributed by atoms with Gasteiger partial charge in [0, 0.05) is 17.7 Å². The van der Waals surface area contributed by atoms with Gasteiger partial charge in [0.25, 0.3) is 9.05 Å². The minimum Gasteiger partial charge on any atom is -0.486 e. The number of benzene rings is 1. The van der Waals surface area contributed by atoms with Crippen LogP contribution in [-0.2, 0) is 22.7 Å². The second-order valence-electron chi connectivity index (χ2n) is 4.19. The SMILES string of the molecule is Cn1cncc1COc1ccc(C(=O)O)cc1S(=O)(=O)Cl. The van der Waals surface area contributed by atoms with E-state index < -0.39 is 15.0 Å². The number of carboxylic acids is 1. The molecule has 0 saturated heterocycles. The normalized spacial score (nSPS) is 11.3. The van der Waals surface area contributed by atoms with Crippen LogP contribution >= 0.6 is 10.7 Å². The summed E-state index contributed by atoms with van der Waals surface area (Å²) in [5.74, 6) is -1.27. The molecule has 112 valence electrons. The summed E-state index contributed by atoms with van der Waals surface area (Å²) in [6.45, 7) is 0.0718. The molecule has 0 unspecified atom stereocenters. The molecule has 0 atom stereocenters. The Balaban J connectivity index is 2.35. The average molecular weight is 331 g/mol. The van der Waals surface area contributed by atoms with Crippen molar-refractivity contribution in [2.75, 3.05) is 0 Å². The van der Waals surface area contributed by atoms with Gasteiger partial charge in [0.1, 0.15) is 17.3 Å². The first-order valence-electron chi connectivity index (χ1n) is 5.69. The van der Waals surface area contributed by atoms with E-state index in [-0.39, 0.29) is 22.8 Å². The van der Waals surface area contributed by atoms with Gasteiger partial charge in [0.05, 0.1) is 23.8 Å². The lowest BCUT2D eigenvalue weighted by molar-refractivity contribution is 0.0696. The van der Waals surface area contributed by atoms with Gasteiger partial charge in [-0.3, -0.25) is 0 Å². The van der Waals surface area contributed by atoms with Crippen LogP contribution in [0.5, 0.6) is 5.75 Å². The molecule has 0 radical (unpaired) electrons. The number of nitrogens with zero attached hydrogens (tertiary/aromatic N) is 2. The van der Waals surface area contributed by atoms with E-state index in [0.29, 0.717) is 0 Å². The number of hydrogen-bond acceptors (Lipinski definition) is 5. The summed E-state index contributed by atoms with van der Waals surface area (Å²) in [7, 11) is 2.95. The van der Waals surface area contributed by atoms with Crippen LogP contribution in [0, 0.1) is 0 Å². The lowest BCUT2D eigenvalue weighted by Crippen LogP contribution is -2.06. The topological polar surface area (TPSA) is 98.5 Å². The highest BCUT2D eigenvalue weighted by atomic mass is 35.7. The van der Waals surface area contributed by atoms with Crippen LogP contribution in [0.2, 0.25) is 0 Å². The van der Waals surface area contributed by atoms with E-state index >= 15 is 0 Å². The van der Waals surface area contributed by atoms with E-state index in [0.717, 1.165) is 11.8 Å². The lowest BCUT2D eigenvalue weighted by Gasteiger charge is -2.10. The Kier molecular flexibility index (Phi) is 4.19. The number of aromatic carboxylic acids is 1. The summed E-state index contributed by atoms with van der Waals surface area (Å²) in [5, 5.41) is 8.89. The third-order valence-electron chi connectivity index (χ3n) is 2.75. The summed E-state index contributed by atoms with van der Waals surface area (Å²) in [5.41, 5.74) is 0.525. The molecule has 21 heavy (non-hydrogen) atoms. The van der Waals surface area contributed by atoms with Gasteiger partial charge in [-0.1, -0.05) is 0 Å². The van der Waals surface area contributed by atoms with Crippen LogP contribution in [-0.4, -0.2) is 29.0 Å². The quantitative estimate of drug-likeness (QED) is 0.836. The number of carbonyl (C=O) groups is 1. The molecule has 1 N–H and O–H groups in total. The summed E-state index contributed by atoms with van der Waals surface area (Å²) in [6.07, 6.45) is 3.14. The van der Waals surface area contributed by atoms with Crippen LogP contribution in [0.4, 0.5) is 0 Å². The highest BCUT2D eigenvalue weighted by Gasteiger charge is 2.20. The van der Waals surface area contributed by atoms with Gasteiger partial charge in [-0.2, -0.15) is 0 Å². The Hall–Kier alpha value is -2.06. The fraction of sp³-hybridized carbons (Fsp3) is 0.167. The van der Waals surface area contributed by atoms with E-state index in [4.69, 9.17) is 20.5 Å². The summed E-state index contributed by atoms with van der Waals surface area (Å²) < 4.78 is 30.2. The van der Waals surface area contributed by atoms with Crippen molar-refractivity contribution in [3.05, 3.63) is 42.0 Å². The molecule has 1 aromatic carbocycles. The van der Waals surface area contributed by atoms with Crippen molar-refractivity contribution in [1.82, 2.24) is 9.55 Å². The molecule has 7 nitrogen and oxygen atoms in total. The number of rotatable bonds is 5. The summed E-state index contributed by atoms with van der Waals surface area (Å²) >= 11 is 0. The smallest absolute Gasteiger partial charge is 0.335 e. The Morgan fingerprint density at radius 2 is 2.19 bits per heavy atom. The first-order valence-corrected chi connectivity index (χ1v) is 8.00. The number of hydrogen-bond donors (Lipinski definition) is 1. The Morgan fingerprint density at radius 3 is 2.71 bits per heavy atom. The molecule has 0 bridgehead atoms. The van der Waals surface area contributed by atoms with E-state index in [1.165, 1.54) is 12.1 Å². The van der Waals surface area contributed by atoms with E-state index in [1.54, 1.807) is 24.1 Å². The van der Waals surface area contributed by atoms with E-state index in [9.17, 15) is 13.2 Å². The summed E-state index contributed by atoms with van der Waals surface area (Å²) in [4.78, 5) is 14.4. The lowest BCUT2D eigenvalue weighted by atomic mass is 10.2. The Bertz CT molecular complexity index is 785. The molecule has 0 aliphatic rings. The maximum Gasteiger partial charge on any atom is 0.335 e. The largest absolute Gasteiger partial charge is 0.486 e. The molecule has 0 amide bonds. The van der Waals surface area contributed by atoms with Gasteiger partial charge in [-0.15, -0.1) is 0 Å². The molecule has 9 heteroatoms. The summed E-state index contributed by atoms with van der Waals surface area (Å²) in [6, 6.07) is 3.46. The molecule has 2 aromatic rings. The molecule has 0 aliphatic carbocycles. The van der Waals surface area contributed by atoms with Crippen molar-refractivity contribution in [1.29, 1.82) is 0 Å². The van der Waals surface area contributed by atoms with Gasteiger partial charge in [0.2, 0.25) is 0 Å². The van der Waals surface area contributed by atoms with Crippen LogP contribution in [0.15, 0.2) is 35.6 Å². The van der Waals surface area contributed by atoms with Gasteiger partial charge in [0.15, 0.2) is 0 Å². The zero-order valence-electron chi connectivity index (χ0n) is 10.9. The number of imidazole rings is 1. The maximum atomic E-state index is 11.5. The van der Waals surface area contributed by atoms with Crippen LogP contribution in [0.25, 0.3) is 0 Å². The van der Waals surface area contributed by atoms with Crippen molar-refractivity contribution in [3.8, 4) is 5.75 Å². The monoisotopic (exact) mass is 330 g/mol. The van der Waals surface area contributed by atoms with Crippen LogP contribution < -0.4 is 4.74 Å². The Morgan fingerprint density at radius 1 is 1.48 bits per heavy atom. The second-order valence-corrected chi connectivity index (χ2v) is 6.72. The van der Waals surface area contributed by atoms with Gasteiger partial charge >= 0.3 is 5.97 Å². The zero-order chi connectivity index (χ0) is 15.6. The molecule has 0 fully saturated rings. The standard InChI is InChI=1S/C12H11ClN2O5S/c1-15-7-14-5-9(15)6-20-10-3-2-8(12(16)17)4-11(10)21(13,18)19/h2-5,7H,6H2,1H3,(H,16,17). The predicted octanol–water partition coefficient (Wildman–Crippen LogP) is 1.62. The molecule has 0 spiro atoms. The van der Waals surface area contributed by atoms with Gasteiger partial charge < -0.3 is 14.4 Å². The maximum absolute atomic E-state index is 11.5. The van der Waals surface area contributed by atoms with E-state index in [1.807, 2.05) is 0 Å². The molecule has 0 saturated carbocycles. The van der Waals surface area contributed by atoms with Crippen LogP contribution in [0.3, 0.4) is 0 Å². The fourth-order valence-electron chi connectivity index (χ4n) is 1.63. The highest BCUT2D eigenvalue weighted by Crippen LogP contribution is 2.28. The molecule has 0 aliphatic heterocycles. The third-order valence-corrected chi connectivity index (χ3v) is 4.09. The first kappa shape index (κ1) is 15.3. The van der Waals surface area contributed by atoms with Crippen molar-refractivity contribution in [3.63, 3.8) is 0 Å². The zero-order valence-corrected chi connectivity index (χ0v) is 12.4.